The van der Waals surface area contributed by atoms with E-state index in [1.807, 2.05) is 37.9 Å². The SMILES string of the molecule is CC(C)N(C)c1ccc(NC(=O)CNC(=O)c2ccccc2I)cc1F. The van der Waals surface area contributed by atoms with Crippen molar-refractivity contribution < 1.29 is 14.0 Å². The molecular weight excluding hydrogens is 448 g/mol. The molecule has 5 nitrogen and oxygen atoms in total. The molecule has 0 aliphatic carbocycles. The molecule has 0 heterocycles. The molecule has 0 aromatic heterocycles. The Labute approximate surface area is 166 Å². The first kappa shape index (κ1) is 20.2. The first-order valence-corrected chi connectivity index (χ1v) is 9.22. The third kappa shape index (κ3) is 5.17. The summed E-state index contributed by atoms with van der Waals surface area (Å²) in [5, 5.41) is 5.15. The fourth-order valence-corrected chi connectivity index (χ4v) is 2.89. The molecule has 0 radical (unpaired) electrons. The lowest BCUT2D eigenvalue weighted by Crippen LogP contribution is -2.33. The molecule has 0 saturated heterocycles. The Bertz CT molecular complexity index is 811. The Kier molecular flexibility index (Phi) is 6.96. The first-order chi connectivity index (χ1) is 12.3. The van der Waals surface area contributed by atoms with Gasteiger partial charge >= 0.3 is 0 Å². The third-order valence-electron chi connectivity index (χ3n) is 3.91. The number of nitrogens with one attached hydrogen (secondary N) is 2. The number of rotatable bonds is 6. The van der Waals surface area contributed by atoms with Gasteiger partial charge in [-0.25, -0.2) is 4.39 Å². The molecular formula is C19H21FIN3O2. The van der Waals surface area contributed by atoms with Crippen molar-refractivity contribution in [1.82, 2.24) is 5.32 Å². The first-order valence-electron chi connectivity index (χ1n) is 8.14. The zero-order chi connectivity index (χ0) is 19.3. The molecule has 0 atom stereocenters. The van der Waals surface area contributed by atoms with Gasteiger partial charge in [-0.05, 0) is 66.8 Å². The Morgan fingerprint density at radius 3 is 2.50 bits per heavy atom. The van der Waals surface area contributed by atoms with Crippen molar-refractivity contribution in [1.29, 1.82) is 0 Å². The molecule has 0 aliphatic rings. The van der Waals surface area contributed by atoms with Gasteiger partial charge in [0.05, 0.1) is 17.8 Å². The number of halogens is 2. The zero-order valence-electron chi connectivity index (χ0n) is 14.8. The summed E-state index contributed by atoms with van der Waals surface area (Å²) < 4.78 is 15.0. The zero-order valence-corrected chi connectivity index (χ0v) is 17.0. The Balaban J connectivity index is 1.95. The van der Waals surface area contributed by atoms with E-state index in [1.165, 1.54) is 6.07 Å². The molecule has 0 spiro atoms. The number of hydrogen-bond acceptors (Lipinski definition) is 3. The molecule has 0 fully saturated rings. The minimum absolute atomic E-state index is 0.154. The van der Waals surface area contributed by atoms with Crippen LogP contribution in [0.1, 0.15) is 24.2 Å². The van der Waals surface area contributed by atoms with Gasteiger partial charge in [-0.2, -0.15) is 0 Å². The van der Waals surface area contributed by atoms with Gasteiger partial charge < -0.3 is 15.5 Å². The van der Waals surface area contributed by atoms with Crippen molar-refractivity contribution in [2.75, 3.05) is 23.8 Å². The number of anilines is 2. The summed E-state index contributed by atoms with van der Waals surface area (Å²) in [5.41, 5.74) is 1.31. The van der Waals surface area contributed by atoms with Gasteiger partial charge in [-0.15, -0.1) is 0 Å². The van der Waals surface area contributed by atoms with E-state index in [4.69, 9.17) is 0 Å². The predicted molar refractivity (Wildman–Crippen MR) is 110 cm³/mol. The maximum Gasteiger partial charge on any atom is 0.252 e. The molecule has 2 aromatic rings. The molecule has 26 heavy (non-hydrogen) atoms. The summed E-state index contributed by atoms with van der Waals surface area (Å²) in [6.45, 7) is 3.73. The van der Waals surface area contributed by atoms with Gasteiger partial charge in [-0.3, -0.25) is 9.59 Å². The summed E-state index contributed by atoms with van der Waals surface area (Å²) >= 11 is 2.06. The molecule has 2 N–H and O–H groups in total. The van der Waals surface area contributed by atoms with Crippen molar-refractivity contribution in [2.45, 2.75) is 19.9 Å². The minimum atomic E-state index is -0.423. The van der Waals surface area contributed by atoms with E-state index in [1.54, 1.807) is 24.3 Å². The summed E-state index contributed by atoms with van der Waals surface area (Å²) in [7, 11) is 1.81. The molecule has 7 heteroatoms. The summed E-state index contributed by atoms with van der Waals surface area (Å²) in [6.07, 6.45) is 0. The van der Waals surface area contributed by atoms with Crippen molar-refractivity contribution >= 4 is 45.8 Å². The highest BCUT2D eigenvalue weighted by Gasteiger charge is 2.13. The van der Waals surface area contributed by atoms with E-state index in [-0.39, 0.29) is 18.5 Å². The van der Waals surface area contributed by atoms with Crippen LogP contribution in [-0.4, -0.2) is 31.4 Å². The highest BCUT2D eigenvalue weighted by atomic mass is 127. The third-order valence-corrected chi connectivity index (χ3v) is 4.85. The lowest BCUT2D eigenvalue weighted by Gasteiger charge is -2.24. The highest BCUT2D eigenvalue weighted by Crippen LogP contribution is 2.23. The van der Waals surface area contributed by atoms with E-state index in [0.717, 1.165) is 3.57 Å². The van der Waals surface area contributed by atoms with Crippen LogP contribution in [0.25, 0.3) is 0 Å². The second-order valence-corrected chi connectivity index (χ2v) is 7.24. The maximum absolute atomic E-state index is 14.2. The van der Waals surface area contributed by atoms with Crippen molar-refractivity contribution in [2.24, 2.45) is 0 Å². The maximum atomic E-state index is 14.2. The molecule has 2 rings (SSSR count). The number of hydrogen-bond donors (Lipinski definition) is 2. The van der Waals surface area contributed by atoms with Crippen LogP contribution in [0.15, 0.2) is 42.5 Å². The Hall–Kier alpha value is -2.16. The standard InChI is InChI=1S/C19H21FIN3O2/c1-12(2)24(3)17-9-8-13(10-15(17)20)23-18(25)11-22-19(26)14-6-4-5-7-16(14)21/h4-10,12H,11H2,1-3H3,(H,22,26)(H,23,25). The summed E-state index contributed by atoms with van der Waals surface area (Å²) in [4.78, 5) is 25.9. The second-order valence-electron chi connectivity index (χ2n) is 6.08. The number of benzene rings is 2. The van der Waals surface area contributed by atoms with Gasteiger partial charge in [0.15, 0.2) is 0 Å². The van der Waals surface area contributed by atoms with Crippen LogP contribution >= 0.6 is 22.6 Å². The Morgan fingerprint density at radius 2 is 1.88 bits per heavy atom. The van der Waals surface area contributed by atoms with E-state index < -0.39 is 11.7 Å². The van der Waals surface area contributed by atoms with E-state index in [0.29, 0.717) is 16.9 Å². The van der Waals surface area contributed by atoms with E-state index in [9.17, 15) is 14.0 Å². The highest BCUT2D eigenvalue weighted by molar-refractivity contribution is 14.1. The van der Waals surface area contributed by atoms with Crippen LogP contribution in [0, 0.1) is 9.39 Å². The van der Waals surface area contributed by atoms with Crippen LogP contribution < -0.4 is 15.5 Å². The van der Waals surface area contributed by atoms with Gasteiger partial charge in [0.2, 0.25) is 5.91 Å². The number of nitrogens with zero attached hydrogens (tertiary/aromatic N) is 1. The predicted octanol–water partition coefficient (Wildman–Crippen LogP) is 3.64. The fourth-order valence-electron chi connectivity index (χ4n) is 2.26. The molecule has 0 aliphatic heterocycles. The van der Waals surface area contributed by atoms with Gasteiger partial charge in [0.25, 0.3) is 5.91 Å². The summed E-state index contributed by atoms with van der Waals surface area (Å²) in [6, 6.07) is 11.8. The van der Waals surface area contributed by atoms with Gasteiger partial charge in [-0.1, -0.05) is 12.1 Å². The van der Waals surface area contributed by atoms with Gasteiger partial charge in [0.1, 0.15) is 5.82 Å². The number of carbonyl (C=O) groups excluding carboxylic acids is 2. The monoisotopic (exact) mass is 469 g/mol. The van der Waals surface area contributed by atoms with Crippen molar-refractivity contribution in [3.63, 3.8) is 0 Å². The van der Waals surface area contributed by atoms with Crippen LogP contribution in [0.2, 0.25) is 0 Å². The molecule has 2 aromatic carbocycles. The van der Waals surface area contributed by atoms with Crippen molar-refractivity contribution in [3.8, 4) is 0 Å². The molecule has 0 unspecified atom stereocenters. The second kappa shape index (κ2) is 8.98. The van der Waals surface area contributed by atoms with Gasteiger partial charge in [0, 0.05) is 22.3 Å². The molecule has 2 amide bonds. The average Bonchev–Trinajstić information content (AvgIpc) is 2.59. The average molecular weight is 469 g/mol. The quantitative estimate of drug-likeness (QED) is 0.636. The smallest absolute Gasteiger partial charge is 0.252 e. The van der Waals surface area contributed by atoms with E-state index >= 15 is 0 Å². The minimum Gasteiger partial charge on any atom is -0.370 e. The lowest BCUT2D eigenvalue weighted by molar-refractivity contribution is -0.115. The molecule has 138 valence electrons. The molecule has 0 bridgehead atoms. The topological polar surface area (TPSA) is 61.4 Å². The lowest BCUT2D eigenvalue weighted by atomic mass is 10.2. The van der Waals surface area contributed by atoms with Crippen LogP contribution in [-0.2, 0) is 4.79 Å². The normalized spacial score (nSPS) is 10.5. The van der Waals surface area contributed by atoms with Crippen molar-refractivity contribution in [3.05, 3.63) is 57.4 Å². The van der Waals surface area contributed by atoms with Crippen LogP contribution in [0.5, 0.6) is 0 Å². The summed E-state index contributed by atoms with van der Waals surface area (Å²) in [5.74, 6) is -1.17. The van der Waals surface area contributed by atoms with Crippen LogP contribution in [0.4, 0.5) is 15.8 Å². The fraction of sp³-hybridized carbons (Fsp3) is 0.263. The number of amides is 2. The van der Waals surface area contributed by atoms with Crippen LogP contribution in [0.3, 0.4) is 0 Å². The molecule has 0 saturated carbocycles. The van der Waals surface area contributed by atoms with E-state index in [2.05, 4.69) is 33.2 Å². The number of carbonyl (C=O) groups is 2. The Morgan fingerprint density at radius 1 is 1.19 bits per heavy atom. The largest absolute Gasteiger partial charge is 0.370 e.